The summed E-state index contributed by atoms with van der Waals surface area (Å²) in [6.07, 6.45) is 4.57. The Bertz CT molecular complexity index is 414. The molecule has 2 unspecified atom stereocenters. The van der Waals surface area contributed by atoms with E-state index in [1.54, 1.807) is 13.2 Å². The molecule has 1 aromatic heterocycles. The molecule has 1 fully saturated rings. The molecule has 1 saturated carbocycles. The number of rotatable bonds is 5. The number of nitrogens with one attached hydrogen (secondary N) is 1. The fraction of sp³-hybridized carbons (Fsp3) is 0.692. The Morgan fingerprint density at radius 1 is 1.37 bits per heavy atom. The molecule has 0 aliphatic heterocycles. The first-order valence-electron chi connectivity index (χ1n) is 6.79. The van der Waals surface area contributed by atoms with Gasteiger partial charge in [0.05, 0.1) is 6.10 Å². The van der Waals surface area contributed by atoms with Gasteiger partial charge in [-0.1, -0.05) is 0 Å². The van der Waals surface area contributed by atoms with Crippen LogP contribution in [0.3, 0.4) is 0 Å². The first-order chi connectivity index (χ1) is 9.21. The fourth-order valence-electron chi connectivity index (χ4n) is 2.37. The quantitative estimate of drug-likeness (QED) is 0.846. The molecule has 1 aliphatic carbocycles. The van der Waals surface area contributed by atoms with Crippen LogP contribution in [0.1, 0.15) is 32.6 Å². The van der Waals surface area contributed by atoms with Crippen molar-refractivity contribution in [3.63, 3.8) is 0 Å². The van der Waals surface area contributed by atoms with Gasteiger partial charge in [0.2, 0.25) is 11.8 Å². The van der Waals surface area contributed by atoms with Crippen LogP contribution in [-0.4, -0.2) is 35.8 Å². The number of anilines is 2. The second-order valence-electron chi connectivity index (χ2n) is 4.74. The van der Waals surface area contributed by atoms with Crippen molar-refractivity contribution in [1.82, 2.24) is 9.97 Å². The van der Waals surface area contributed by atoms with Crippen molar-refractivity contribution in [2.45, 2.75) is 44.8 Å². The second kappa shape index (κ2) is 6.56. The van der Waals surface area contributed by atoms with Gasteiger partial charge in [-0.25, -0.2) is 0 Å². The van der Waals surface area contributed by atoms with Crippen molar-refractivity contribution in [1.29, 1.82) is 0 Å². The third-order valence-corrected chi connectivity index (χ3v) is 3.28. The molecule has 0 radical (unpaired) electrons. The van der Waals surface area contributed by atoms with E-state index in [1.807, 2.05) is 6.92 Å². The monoisotopic (exact) mass is 266 g/mol. The highest BCUT2D eigenvalue weighted by atomic mass is 16.5. The minimum Gasteiger partial charge on any atom is -0.474 e. The summed E-state index contributed by atoms with van der Waals surface area (Å²) in [5, 5.41) is 3.11. The van der Waals surface area contributed by atoms with E-state index >= 15 is 0 Å². The number of ether oxygens (including phenoxy) is 2. The second-order valence-corrected chi connectivity index (χ2v) is 4.74. The molecule has 0 aromatic carbocycles. The van der Waals surface area contributed by atoms with Crippen molar-refractivity contribution in [3.05, 3.63) is 6.07 Å². The van der Waals surface area contributed by atoms with E-state index in [9.17, 15) is 0 Å². The van der Waals surface area contributed by atoms with Gasteiger partial charge in [0.1, 0.15) is 11.9 Å². The van der Waals surface area contributed by atoms with Gasteiger partial charge < -0.3 is 20.5 Å². The summed E-state index contributed by atoms with van der Waals surface area (Å²) < 4.78 is 11.3. The average molecular weight is 266 g/mol. The Morgan fingerprint density at radius 3 is 2.89 bits per heavy atom. The van der Waals surface area contributed by atoms with E-state index in [0.29, 0.717) is 11.7 Å². The van der Waals surface area contributed by atoms with Crippen LogP contribution in [0.5, 0.6) is 5.88 Å². The van der Waals surface area contributed by atoms with Gasteiger partial charge >= 0.3 is 0 Å². The first kappa shape index (κ1) is 13.9. The minimum atomic E-state index is 0.141. The zero-order valence-corrected chi connectivity index (χ0v) is 11.6. The number of nitrogen functional groups attached to an aromatic ring is 1. The molecule has 3 N–H and O–H groups in total. The summed E-state index contributed by atoms with van der Waals surface area (Å²) in [6, 6.07) is 1.79. The lowest BCUT2D eigenvalue weighted by atomic mass is 9.95. The van der Waals surface area contributed by atoms with Gasteiger partial charge in [-0.3, -0.25) is 0 Å². The zero-order chi connectivity index (χ0) is 13.7. The number of hydrogen-bond donors (Lipinski definition) is 2. The number of nitrogens with two attached hydrogens (primary N) is 1. The fourth-order valence-corrected chi connectivity index (χ4v) is 2.37. The van der Waals surface area contributed by atoms with Gasteiger partial charge in [-0.2, -0.15) is 9.97 Å². The van der Waals surface area contributed by atoms with Crippen molar-refractivity contribution in [2.24, 2.45) is 0 Å². The van der Waals surface area contributed by atoms with E-state index < -0.39 is 0 Å². The molecular formula is C13H22N4O2. The third-order valence-electron chi connectivity index (χ3n) is 3.28. The predicted molar refractivity (Wildman–Crippen MR) is 74.3 cm³/mol. The Hall–Kier alpha value is -1.56. The first-order valence-corrected chi connectivity index (χ1v) is 6.79. The number of nitrogens with zero attached hydrogens (tertiary/aromatic N) is 2. The molecule has 0 saturated heterocycles. The molecule has 0 spiro atoms. The largest absolute Gasteiger partial charge is 0.474 e. The van der Waals surface area contributed by atoms with E-state index in [0.717, 1.165) is 32.2 Å². The van der Waals surface area contributed by atoms with Crippen molar-refractivity contribution < 1.29 is 9.47 Å². The molecule has 6 heteroatoms. The SMILES string of the molecule is CCNc1cc(OC2CCCC(OC)C2)nc(N)n1. The van der Waals surface area contributed by atoms with Crippen molar-refractivity contribution >= 4 is 11.8 Å². The Kier molecular flexibility index (Phi) is 4.79. The Labute approximate surface area is 113 Å². The molecule has 1 heterocycles. The number of hydrogen-bond acceptors (Lipinski definition) is 6. The normalized spacial score (nSPS) is 23.1. The minimum absolute atomic E-state index is 0.141. The van der Waals surface area contributed by atoms with Crippen LogP contribution in [0.15, 0.2) is 6.07 Å². The van der Waals surface area contributed by atoms with Gasteiger partial charge in [0.25, 0.3) is 0 Å². The van der Waals surface area contributed by atoms with Crippen molar-refractivity contribution in [2.75, 3.05) is 24.7 Å². The van der Waals surface area contributed by atoms with Gasteiger partial charge in [-0.15, -0.1) is 0 Å². The highest BCUT2D eigenvalue weighted by molar-refractivity contribution is 5.42. The smallest absolute Gasteiger partial charge is 0.225 e. The topological polar surface area (TPSA) is 82.3 Å². The predicted octanol–water partition coefficient (Wildman–Crippen LogP) is 1.83. The highest BCUT2D eigenvalue weighted by Gasteiger charge is 2.23. The molecule has 2 rings (SSSR count). The van der Waals surface area contributed by atoms with Gasteiger partial charge in [0, 0.05) is 26.1 Å². The van der Waals surface area contributed by atoms with E-state index in [-0.39, 0.29) is 18.2 Å². The molecule has 6 nitrogen and oxygen atoms in total. The summed E-state index contributed by atoms with van der Waals surface area (Å²) >= 11 is 0. The summed E-state index contributed by atoms with van der Waals surface area (Å²) in [6.45, 7) is 2.79. The molecular weight excluding hydrogens is 244 g/mol. The molecule has 2 atom stereocenters. The summed E-state index contributed by atoms with van der Waals surface area (Å²) in [5.74, 6) is 1.46. The summed E-state index contributed by atoms with van der Waals surface area (Å²) in [4.78, 5) is 8.22. The Balaban J connectivity index is 2.01. The Morgan fingerprint density at radius 2 is 2.16 bits per heavy atom. The summed E-state index contributed by atoms with van der Waals surface area (Å²) in [7, 11) is 1.75. The van der Waals surface area contributed by atoms with Crippen LogP contribution in [0.2, 0.25) is 0 Å². The standard InChI is InChI=1S/C13H22N4O2/c1-3-15-11-8-12(17-13(14)16-11)19-10-6-4-5-9(7-10)18-2/h8-10H,3-7H2,1-2H3,(H3,14,15,16,17). The third kappa shape index (κ3) is 3.96. The average Bonchev–Trinajstić information content (AvgIpc) is 2.38. The lowest BCUT2D eigenvalue weighted by Gasteiger charge is -2.28. The van der Waals surface area contributed by atoms with Crippen LogP contribution < -0.4 is 15.8 Å². The van der Waals surface area contributed by atoms with Gasteiger partial charge in [0.15, 0.2) is 0 Å². The maximum atomic E-state index is 5.90. The van der Waals surface area contributed by atoms with E-state index in [4.69, 9.17) is 15.2 Å². The molecule has 0 bridgehead atoms. The summed E-state index contributed by atoms with van der Waals surface area (Å²) in [5.41, 5.74) is 5.68. The van der Waals surface area contributed by atoms with Crippen LogP contribution in [0.25, 0.3) is 0 Å². The molecule has 19 heavy (non-hydrogen) atoms. The lowest BCUT2D eigenvalue weighted by molar-refractivity contribution is 0.0195. The molecule has 0 amide bonds. The number of methoxy groups -OCH3 is 1. The maximum Gasteiger partial charge on any atom is 0.225 e. The lowest BCUT2D eigenvalue weighted by Crippen LogP contribution is -2.29. The maximum absolute atomic E-state index is 5.90. The highest BCUT2D eigenvalue weighted by Crippen LogP contribution is 2.25. The van der Waals surface area contributed by atoms with Crippen LogP contribution >= 0.6 is 0 Å². The zero-order valence-electron chi connectivity index (χ0n) is 11.6. The van der Waals surface area contributed by atoms with Crippen LogP contribution in [-0.2, 0) is 4.74 Å². The molecule has 1 aliphatic rings. The van der Waals surface area contributed by atoms with Crippen LogP contribution in [0.4, 0.5) is 11.8 Å². The number of aromatic nitrogens is 2. The molecule has 106 valence electrons. The van der Waals surface area contributed by atoms with E-state index in [1.165, 1.54) is 0 Å². The van der Waals surface area contributed by atoms with Crippen LogP contribution in [0, 0.1) is 0 Å². The van der Waals surface area contributed by atoms with Crippen molar-refractivity contribution in [3.8, 4) is 5.88 Å². The van der Waals surface area contributed by atoms with Gasteiger partial charge in [-0.05, 0) is 26.2 Å². The van der Waals surface area contributed by atoms with E-state index in [2.05, 4.69) is 15.3 Å². The molecule has 1 aromatic rings.